The largest absolute Gasteiger partial charge is 0.437 e. The molecule has 2 rings (SSSR count). The summed E-state index contributed by atoms with van der Waals surface area (Å²) in [6.07, 6.45) is 3.41. The highest BCUT2D eigenvalue weighted by Gasteiger charge is 2.11. The van der Waals surface area contributed by atoms with Crippen LogP contribution >= 0.6 is 15.9 Å². The normalized spacial score (nSPS) is 10.6. The van der Waals surface area contributed by atoms with Crippen molar-refractivity contribution < 1.29 is 4.74 Å². The molecule has 0 unspecified atom stereocenters. The molecule has 1 N–H and O–H groups in total. The summed E-state index contributed by atoms with van der Waals surface area (Å²) in [7, 11) is 0. The first-order chi connectivity index (χ1) is 9.60. The minimum Gasteiger partial charge on any atom is -0.437 e. The lowest BCUT2D eigenvalue weighted by Gasteiger charge is -2.14. The minimum absolute atomic E-state index is 0.642. The first-order valence-electron chi connectivity index (χ1n) is 6.56. The predicted octanol–water partition coefficient (Wildman–Crippen LogP) is 3.76. The van der Waals surface area contributed by atoms with E-state index in [1.54, 1.807) is 12.4 Å². The first-order valence-corrected chi connectivity index (χ1v) is 7.35. The molecule has 0 spiro atoms. The molecule has 106 valence electrons. The van der Waals surface area contributed by atoms with Crippen LogP contribution in [0.2, 0.25) is 0 Å². The summed E-state index contributed by atoms with van der Waals surface area (Å²) in [5.74, 6) is 1.32. The third kappa shape index (κ3) is 3.77. The Morgan fingerprint density at radius 2 is 2.05 bits per heavy atom. The molecule has 0 aliphatic carbocycles. The summed E-state index contributed by atoms with van der Waals surface area (Å²) in [5.41, 5.74) is 3.20. The van der Waals surface area contributed by atoms with Crippen LogP contribution in [0.3, 0.4) is 0 Å². The van der Waals surface area contributed by atoms with Crippen molar-refractivity contribution in [3.05, 3.63) is 45.8 Å². The van der Waals surface area contributed by atoms with E-state index in [9.17, 15) is 0 Å². The molecule has 0 atom stereocenters. The average molecular weight is 336 g/mol. The highest BCUT2D eigenvalue weighted by atomic mass is 79.9. The van der Waals surface area contributed by atoms with Gasteiger partial charge in [0.25, 0.3) is 0 Å². The number of nitrogens with zero attached hydrogens (tertiary/aromatic N) is 2. The van der Waals surface area contributed by atoms with Crippen LogP contribution in [-0.4, -0.2) is 16.5 Å². The lowest BCUT2D eigenvalue weighted by atomic mass is 10.1. The van der Waals surface area contributed by atoms with Gasteiger partial charge in [0.05, 0.1) is 6.20 Å². The molecule has 4 nitrogen and oxygen atoms in total. The molecule has 0 saturated carbocycles. The summed E-state index contributed by atoms with van der Waals surface area (Å²) >= 11 is 3.39. The van der Waals surface area contributed by atoms with Gasteiger partial charge in [0.1, 0.15) is 5.75 Å². The third-order valence-corrected chi connectivity index (χ3v) is 3.32. The second kappa shape index (κ2) is 6.81. The molecule has 0 bridgehead atoms. The fourth-order valence-electron chi connectivity index (χ4n) is 1.94. The standard InChI is InChI=1S/C15H18BrN3O/c1-4-17-9-14-10(2)5-11(3)19-15(14)20-13-6-12(16)7-18-8-13/h5-8,17H,4,9H2,1-3H3. The number of halogens is 1. The molecule has 2 heterocycles. The smallest absolute Gasteiger partial charge is 0.224 e. The van der Waals surface area contributed by atoms with Gasteiger partial charge in [0, 0.05) is 28.5 Å². The van der Waals surface area contributed by atoms with Gasteiger partial charge < -0.3 is 10.1 Å². The van der Waals surface area contributed by atoms with Gasteiger partial charge >= 0.3 is 0 Å². The molecule has 5 heteroatoms. The molecule has 0 fully saturated rings. The second-order valence-corrected chi connectivity index (χ2v) is 5.50. The Morgan fingerprint density at radius 3 is 2.75 bits per heavy atom. The van der Waals surface area contributed by atoms with E-state index in [-0.39, 0.29) is 0 Å². The Balaban J connectivity index is 2.33. The lowest BCUT2D eigenvalue weighted by molar-refractivity contribution is 0.449. The zero-order valence-electron chi connectivity index (χ0n) is 11.9. The molecule has 2 aromatic rings. The van der Waals surface area contributed by atoms with E-state index < -0.39 is 0 Å². The monoisotopic (exact) mass is 335 g/mol. The topological polar surface area (TPSA) is 47.0 Å². The van der Waals surface area contributed by atoms with Gasteiger partial charge in [-0.05, 0) is 54.0 Å². The van der Waals surface area contributed by atoms with Crippen LogP contribution in [0.25, 0.3) is 0 Å². The van der Waals surface area contributed by atoms with Crippen molar-refractivity contribution in [1.82, 2.24) is 15.3 Å². The summed E-state index contributed by atoms with van der Waals surface area (Å²) in [6, 6.07) is 3.95. The SMILES string of the molecule is CCNCc1c(C)cc(C)nc1Oc1cncc(Br)c1. The maximum absolute atomic E-state index is 5.91. The van der Waals surface area contributed by atoms with E-state index in [0.29, 0.717) is 11.6 Å². The maximum atomic E-state index is 5.91. The Kier molecular flexibility index (Phi) is 5.09. The second-order valence-electron chi connectivity index (χ2n) is 4.59. The van der Waals surface area contributed by atoms with Gasteiger partial charge in [-0.2, -0.15) is 0 Å². The quantitative estimate of drug-likeness (QED) is 0.903. The zero-order chi connectivity index (χ0) is 14.5. The molecule has 20 heavy (non-hydrogen) atoms. The number of pyridine rings is 2. The molecule has 0 aromatic carbocycles. The summed E-state index contributed by atoms with van der Waals surface area (Å²) in [6.45, 7) is 7.77. The molecule has 0 amide bonds. The summed E-state index contributed by atoms with van der Waals surface area (Å²) < 4.78 is 6.79. The Bertz CT molecular complexity index is 602. The zero-order valence-corrected chi connectivity index (χ0v) is 13.5. The van der Waals surface area contributed by atoms with Gasteiger partial charge in [-0.1, -0.05) is 6.92 Å². The van der Waals surface area contributed by atoms with Gasteiger partial charge in [-0.15, -0.1) is 0 Å². The van der Waals surface area contributed by atoms with Crippen molar-refractivity contribution >= 4 is 15.9 Å². The van der Waals surface area contributed by atoms with Crippen LogP contribution in [0, 0.1) is 13.8 Å². The Morgan fingerprint density at radius 1 is 1.25 bits per heavy atom. The van der Waals surface area contributed by atoms with E-state index in [1.807, 2.05) is 13.0 Å². The molecule has 2 aromatic heterocycles. The fraction of sp³-hybridized carbons (Fsp3) is 0.333. The molecule has 0 aliphatic rings. The van der Waals surface area contributed by atoms with Crippen molar-refractivity contribution in [3.63, 3.8) is 0 Å². The fourth-order valence-corrected chi connectivity index (χ4v) is 2.28. The highest BCUT2D eigenvalue weighted by molar-refractivity contribution is 9.10. The van der Waals surface area contributed by atoms with Crippen LogP contribution in [0.1, 0.15) is 23.7 Å². The van der Waals surface area contributed by atoms with Crippen LogP contribution in [-0.2, 0) is 6.54 Å². The number of aromatic nitrogens is 2. The number of aryl methyl sites for hydroxylation is 2. The lowest BCUT2D eigenvalue weighted by Crippen LogP contribution is -2.14. The Labute approximate surface area is 127 Å². The number of ether oxygens (including phenoxy) is 1. The number of hydrogen-bond acceptors (Lipinski definition) is 4. The van der Waals surface area contributed by atoms with Crippen molar-refractivity contribution in [2.45, 2.75) is 27.3 Å². The van der Waals surface area contributed by atoms with E-state index >= 15 is 0 Å². The number of nitrogens with one attached hydrogen (secondary N) is 1. The maximum Gasteiger partial charge on any atom is 0.224 e. The van der Waals surface area contributed by atoms with Gasteiger partial charge in [0.2, 0.25) is 5.88 Å². The molecule has 0 saturated heterocycles. The highest BCUT2D eigenvalue weighted by Crippen LogP contribution is 2.27. The van der Waals surface area contributed by atoms with Crippen LogP contribution in [0.15, 0.2) is 29.0 Å². The van der Waals surface area contributed by atoms with Gasteiger partial charge in [0.15, 0.2) is 0 Å². The Hall–Kier alpha value is -1.46. The number of rotatable bonds is 5. The minimum atomic E-state index is 0.642. The van der Waals surface area contributed by atoms with Crippen molar-refractivity contribution in [3.8, 4) is 11.6 Å². The summed E-state index contributed by atoms with van der Waals surface area (Å²) in [5, 5.41) is 3.32. The number of hydrogen-bond donors (Lipinski definition) is 1. The van der Waals surface area contributed by atoms with Crippen LogP contribution in [0.4, 0.5) is 0 Å². The van der Waals surface area contributed by atoms with Gasteiger partial charge in [-0.3, -0.25) is 4.98 Å². The molecule has 0 aliphatic heterocycles. The van der Waals surface area contributed by atoms with E-state index in [4.69, 9.17) is 4.74 Å². The van der Waals surface area contributed by atoms with Crippen LogP contribution in [0.5, 0.6) is 11.6 Å². The van der Waals surface area contributed by atoms with E-state index in [2.05, 4.69) is 51.1 Å². The van der Waals surface area contributed by atoms with Crippen molar-refractivity contribution in [2.24, 2.45) is 0 Å². The predicted molar refractivity (Wildman–Crippen MR) is 83.1 cm³/mol. The van der Waals surface area contributed by atoms with Crippen molar-refractivity contribution in [2.75, 3.05) is 6.54 Å². The first kappa shape index (κ1) is 14.9. The molecule has 0 radical (unpaired) electrons. The molecular weight excluding hydrogens is 318 g/mol. The van der Waals surface area contributed by atoms with E-state index in [0.717, 1.165) is 28.8 Å². The molecular formula is C15H18BrN3O. The average Bonchev–Trinajstić information content (AvgIpc) is 2.37. The van der Waals surface area contributed by atoms with E-state index in [1.165, 1.54) is 5.56 Å². The third-order valence-electron chi connectivity index (χ3n) is 2.88. The summed E-state index contributed by atoms with van der Waals surface area (Å²) in [4.78, 5) is 8.61. The van der Waals surface area contributed by atoms with Crippen LogP contribution < -0.4 is 10.1 Å². The van der Waals surface area contributed by atoms with Crippen molar-refractivity contribution in [1.29, 1.82) is 0 Å². The van der Waals surface area contributed by atoms with Gasteiger partial charge in [-0.25, -0.2) is 4.98 Å².